The molecule has 0 aliphatic rings. The Morgan fingerprint density at radius 3 is 2.62 bits per heavy atom. The van der Waals surface area contributed by atoms with Crippen molar-refractivity contribution >= 4 is 43.2 Å². The molecule has 3 rings (SSSR count). The number of nitrogens with one attached hydrogen (secondary N) is 2. The van der Waals surface area contributed by atoms with Crippen molar-refractivity contribution < 1.29 is 8.42 Å². The summed E-state index contributed by atoms with van der Waals surface area (Å²) in [5, 5.41) is 0.104. The first-order valence-electron chi connectivity index (χ1n) is 7.41. The second-order valence-electron chi connectivity index (χ2n) is 5.50. The van der Waals surface area contributed by atoms with E-state index < -0.39 is 10.0 Å². The first-order valence-corrected chi connectivity index (χ1v) is 10.1. The predicted molar refractivity (Wildman–Crippen MR) is 105 cm³/mol. The molecule has 6 nitrogen and oxygen atoms in total. The maximum Gasteiger partial charge on any atom is 0.263 e. The van der Waals surface area contributed by atoms with Crippen molar-refractivity contribution in [2.75, 3.05) is 4.72 Å². The van der Waals surface area contributed by atoms with E-state index in [4.69, 9.17) is 11.6 Å². The minimum absolute atomic E-state index is 0.0325. The summed E-state index contributed by atoms with van der Waals surface area (Å²) in [6.07, 6.45) is 0. The minimum atomic E-state index is -3.87. The van der Waals surface area contributed by atoms with E-state index in [2.05, 4.69) is 30.6 Å². The van der Waals surface area contributed by atoms with Crippen LogP contribution in [0, 0.1) is 6.92 Å². The zero-order valence-electron chi connectivity index (χ0n) is 13.5. The quantitative estimate of drug-likeness (QED) is 0.624. The van der Waals surface area contributed by atoms with Gasteiger partial charge in [0.1, 0.15) is 10.7 Å². The number of H-pyrrole nitrogens is 1. The molecule has 0 atom stereocenters. The van der Waals surface area contributed by atoms with Crippen LogP contribution < -0.4 is 10.3 Å². The first-order chi connectivity index (χ1) is 12.2. The van der Waals surface area contributed by atoms with E-state index in [0.29, 0.717) is 27.2 Å². The molecule has 0 bridgehead atoms. The molecule has 2 N–H and O–H groups in total. The SMILES string of the molecule is Cc1cc(=O)[nH]c(-c2cccc(NS(=O)(=O)c3ccc(Br)cc3Cl)c2)n1. The average Bonchev–Trinajstić information content (AvgIpc) is 2.53. The second kappa shape index (κ2) is 7.22. The number of hydrogen-bond donors (Lipinski definition) is 2. The van der Waals surface area contributed by atoms with Crippen LogP contribution in [-0.4, -0.2) is 18.4 Å². The number of halogens is 2. The smallest absolute Gasteiger partial charge is 0.263 e. The number of hydrogen-bond acceptors (Lipinski definition) is 4. The van der Waals surface area contributed by atoms with Crippen LogP contribution in [0.4, 0.5) is 5.69 Å². The van der Waals surface area contributed by atoms with E-state index in [9.17, 15) is 13.2 Å². The molecule has 0 aliphatic heterocycles. The number of anilines is 1. The highest BCUT2D eigenvalue weighted by Gasteiger charge is 2.18. The molecule has 0 spiro atoms. The fourth-order valence-electron chi connectivity index (χ4n) is 2.35. The van der Waals surface area contributed by atoms with Crippen LogP contribution in [0.1, 0.15) is 5.69 Å². The van der Waals surface area contributed by atoms with Crippen LogP contribution in [0.2, 0.25) is 5.02 Å². The lowest BCUT2D eigenvalue weighted by atomic mass is 10.2. The van der Waals surface area contributed by atoms with E-state index in [0.717, 1.165) is 0 Å². The van der Waals surface area contributed by atoms with E-state index in [-0.39, 0.29) is 15.5 Å². The van der Waals surface area contributed by atoms with Gasteiger partial charge in [0.25, 0.3) is 15.6 Å². The van der Waals surface area contributed by atoms with E-state index in [1.54, 1.807) is 37.3 Å². The Labute approximate surface area is 163 Å². The molecule has 3 aromatic rings. The highest BCUT2D eigenvalue weighted by Crippen LogP contribution is 2.28. The molecule has 2 aromatic carbocycles. The predicted octanol–water partition coefficient (Wildman–Crippen LogP) is 3.96. The summed E-state index contributed by atoms with van der Waals surface area (Å²) in [6.45, 7) is 1.71. The van der Waals surface area contributed by atoms with Gasteiger partial charge in [-0.1, -0.05) is 39.7 Å². The van der Waals surface area contributed by atoms with E-state index in [1.165, 1.54) is 18.2 Å². The largest absolute Gasteiger partial charge is 0.307 e. The van der Waals surface area contributed by atoms with Crippen LogP contribution in [0.5, 0.6) is 0 Å². The first kappa shape index (κ1) is 18.6. The molecule has 9 heteroatoms. The van der Waals surface area contributed by atoms with Crippen LogP contribution in [-0.2, 0) is 10.0 Å². The van der Waals surface area contributed by atoms with Crippen molar-refractivity contribution in [2.45, 2.75) is 11.8 Å². The van der Waals surface area contributed by atoms with E-state index >= 15 is 0 Å². The van der Waals surface area contributed by atoms with Gasteiger partial charge in [0, 0.05) is 27.5 Å². The Hall–Kier alpha value is -2.16. The highest BCUT2D eigenvalue weighted by molar-refractivity contribution is 9.10. The summed E-state index contributed by atoms with van der Waals surface area (Å²) in [5.41, 5.74) is 1.19. The van der Waals surface area contributed by atoms with E-state index in [1.807, 2.05) is 0 Å². The Kier molecular flexibility index (Phi) is 5.17. The third-order valence-corrected chi connectivity index (χ3v) is 5.80. The Morgan fingerprint density at radius 2 is 1.92 bits per heavy atom. The normalized spacial score (nSPS) is 11.3. The van der Waals surface area contributed by atoms with Crippen molar-refractivity contribution in [3.8, 4) is 11.4 Å². The number of rotatable bonds is 4. The lowest BCUT2D eigenvalue weighted by Gasteiger charge is -2.11. The van der Waals surface area contributed by atoms with Crippen molar-refractivity contribution in [3.63, 3.8) is 0 Å². The third kappa shape index (κ3) is 4.14. The fourth-order valence-corrected chi connectivity index (χ4v) is 4.44. The molecule has 0 aliphatic carbocycles. The maximum atomic E-state index is 12.6. The molecule has 26 heavy (non-hydrogen) atoms. The molecule has 0 saturated carbocycles. The van der Waals surface area contributed by atoms with Gasteiger partial charge < -0.3 is 4.98 Å². The maximum absolute atomic E-state index is 12.6. The van der Waals surface area contributed by atoms with Gasteiger partial charge in [-0.05, 0) is 37.3 Å². The van der Waals surface area contributed by atoms with Gasteiger partial charge in [-0.15, -0.1) is 0 Å². The number of nitrogens with zero attached hydrogens (tertiary/aromatic N) is 1. The molecule has 0 unspecified atom stereocenters. The molecule has 1 heterocycles. The van der Waals surface area contributed by atoms with Crippen LogP contribution >= 0.6 is 27.5 Å². The zero-order valence-corrected chi connectivity index (χ0v) is 16.6. The summed E-state index contributed by atoms with van der Waals surface area (Å²) < 4.78 is 28.4. The van der Waals surface area contributed by atoms with Gasteiger partial charge in [0.2, 0.25) is 0 Å². The topological polar surface area (TPSA) is 91.9 Å². The average molecular weight is 455 g/mol. The van der Waals surface area contributed by atoms with Crippen molar-refractivity contribution in [2.24, 2.45) is 0 Å². The molecule has 0 fully saturated rings. The summed E-state index contributed by atoms with van der Waals surface area (Å²) in [7, 11) is -3.87. The summed E-state index contributed by atoms with van der Waals surface area (Å²) in [6, 6.07) is 12.5. The van der Waals surface area contributed by atoms with Gasteiger partial charge in [-0.2, -0.15) is 0 Å². The number of aromatic amines is 1. The zero-order chi connectivity index (χ0) is 18.9. The molecule has 0 saturated heterocycles. The molecule has 1 aromatic heterocycles. The number of sulfonamides is 1. The van der Waals surface area contributed by atoms with Gasteiger partial charge in [0.15, 0.2) is 0 Å². The highest BCUT2D eigenvalue weighted by atomic mass is 79.9. The number of aryl methyl sites for hydroxylation is 1. The van der Waals surface area contributed by atoms with Crippen molar-refractivity contribution in [3.05, 3.63) is 74.1 Å². The molecule has 0 radical (unpaired) electrons. The third-order valence-electron chi connectivity index (χ3n) is 3.44. The standard InChI is InChI=1S/C17H13BrClN3O3S/c1-10-7-16(23)21-17(20-10)11-3-2-4-13(8-11)22-26(24,25)15-6-5-12(18)9-14(15)19/h2-9,22H,1H3,(H,20,21,23). The lowest BCUT2D eigenvalue weighted by Crippen LogP contribution is -2.13. The molecular formula is C17H13BrClN3O3S. The monoisotopic (exact) mass is 453 g/mol. The van der Waals surface area contributed by atoms with Crippen LogP contribution in [0.15, 0.2) is 62.7 Å². The fraction of sp³-hybridized carbons (Fsp3) is 0.0588. The van der Waals surface area contributed by atoms with Gasteiger partial charge in [0.05, 0.1) is 5.02 Å². The van der Waals surface area contributed by atoms with Crippen LogP contribution in [0.25, 0.3) is 11.4 Å². The Bertz CT molecular complexity index is 1150. The van der Waals surface area contributed by atoms with Crippen molar-refractivity contribution in [1.29, 1.82) is 0 Å². The molecule has 0 amide bonds. The van der Waals surface area contributed by atoms with Crippen LogP contribution in [0.3, 0.4) is 0 Å². The number of aromatic nitrogens is 2. The number of benzene rings is 2. The summed E-state index contributed by atoms with van der Waals surface area (Å²) in [5.74, 6) is 0.359. The summed E-state index contributed by atoms with van der Waals surface area (Å²) >= 11 is 9.28. The Morgan fingerprint density at radius 1 is 1.15 bits per heavy atom. The van der Waals surface area contributed by atoms with Gasteiger partial charge in [-0.25, -0.2) is 13.4 Å². The Balaban J connectivity index is 1.97. The minimum Gasteiger partial charge on any atom is -0.307 e. The van der Waals surface area contributed by atoms with Crippen molar-refractivity contribution in [1.82, 2.24) is 9.97 Å². The lowest BCUT2D eigenvalue weighted by molar-refractivity contribution is 0.601. The van der Waals surface area contributed by atoms with Gasteiger partial charge in [-0.3, -0.25) is 9.52 Å². The molecule has 134 valence electrons. The second-order valence-corrected chi connectivity index (χ2v) is 8.47. The van der Waals surface area contributed by atoms with Gasteiger partial charge >= 0.3 is 0 Å². The summed E-state index contributed by atoms with van der Waals surface area (Å²) in [4.78, 5) is 18.5. The molecular weight excluding hydrogens is 442 g/mol.